The van der Waals surface area contributed by atoms with Crippen LogP contribution in [0.3, 0.4) is 0 Å². The van der Waals surface area contributed by atoms with Crippen LogP contribution in [-0.2, 0) is 30.7 Å². The maximum Gasteiger partial charge on any atom is 4.00 e. The van der Waals surface area contributed by atoms with Gasteiger partial charge in [0.05, 0.1) is 0 Å². The van der Waals surface area contributed by atoms with Gasteiger partial charge in [0.2, 0.25) is 0 Å². The van der Waals surface area contributed by atoms with Gasteiger partial charge in [0.15, 0.2) is 0 Å². The Morgan fingerprint density at radius 3 is 0.974 bits per heavy atom. The molecule has 39 heavy (non-hydrogen) atoms. The van der Waals surface area contributed by atoms with Gasteiger partial charge >= 0.3 is 21.1 Å². The molecule has 1 fully saturated rings. The van der Waals surface area contributed by atoms with E-state index in [2.05, 4.69) is 13.8 Å². The number of unbranched alkanes of at least 4 members (excludes halogenated alkanes) is 16. The Balaban J connectivity index is -0.000000147. The molecule has 0 aromatic carbocycles. The quantitative estimate of drug-likeness (QED) is 0.161. The van der Waals surface area contributed by atoms with Crippen molar-refractivity contribution >= 4 is 11.9 Å². The van der Waals surface area contributed by atoms with Crippen LogP contribution in [0.25, 0.3) is 0 Å². The fraction of sp³-hybridized carbons (Fsp3) is 0.933. The van der Waals surface area contributed by atoms with E-state index < -0.39 is 11.9 Å². The number of hydrogen-bond donors (Lipinski definition) is 2. The second kappa shape index (κ2) is 40.3. The smallest absolute Gasteiger partial charge is 1.00 e. The molecule has 0 heterocycles. The summed E-state index contributed by atoms with van der Waals surface area (Å²) in [5, 5.41) is 20.2. The van der Waals surface area contributed by atoms with Crippen LogP contribution >= 0.6 is 0 Å². The Hall–Kier alpha value is 0.128. The fourth-order valence-electron chi connectivity index (χ4n) is 4.35. The van der Waals surface area contributed by atoms with Crippen molar-refractivity contribution in [1.82, 2.24) is 0 Å². The molecule has 1 saturated carbocycles. The van der Waals surface area contributed by atoms with Crippen LogP contribution in [0.4, 0.5) is 0 Å². The van der Waals surface area contributed by atoms with Gasteiger partial charge in [0.25, 0.3) is 0 Å². The first-order chi connectivity index (χ1) is 17.3. The number of halogens is 2. The second-order valence-corrected chi connectivity index (χ2v) is 10.5. The summed E-state index contributed by atoms with van der Waals surface area (Å²) in [4.78, 5) is 20.2. The molecule has 9 heteroatoms. The summed E-state index contributed by atoms with van der Waals surface area (Å²) < 4.78 is 0. The summed E-state index contributed by atoms with van der Waals surface area (Å²) in [6, 6.07) is 0.562. The normalized spacial score (nSPS) is 15.6. The molecule has 0 unspecified atom stereocenters. The number of hydrogen-bond acceptors (Lipinski definition) is 6. The van der Waals surface area contributed by atoms with Crippen molar-refractivity contribution < 1.29 is 65.7 Å². The molecule has 0 amide bonds. The molecule has 0 saturated heterocycles. The zero-order valence-electron chi connectivity index (χ0n) is 25.0. The number of carboxylic acid groups (broad SMARTS) is 2. The summed E-state index contributed by atoms with van der Waals surface area (Å²) in [6.45, 7) is 4.44. The number of nitrogens with two attached hydrogens (primary N) is 2. The zero-order valence-corrected chi connectivity index (χ0v) is 28.8. The zero-order chi connectivity index (χ0) is 27.3. The van der Waals surface area contributed by atoms with E-state index >= 15 is 0 Å². The van der Waals surface area contributed by atoms with Crippen molar-refractivity contribution in [3.8, 4) is 0 Å². The molecule has 0 radical (unpaired) electrons. The minimum absolute atomic E-state index is 0. The van der Waals surface area contributed by atoms with E-state index in [1.165, 1.54) is 103 Å². The van der Waals surface area contributed by atoms with Crippen LogP contribution in [0.2, 0.25) is 0 Å². The SMILES string of the molecule is CCCCCCCCCCCC(=O)[O-].CCCCCCCCCCCC(=O)[O-].N[C@@H]1CCCC[C@H]1N.[Cl-].[Cl-].[Pt+4]. The molecule has 1 rings (SSSR count). The Morgan fingerprint density at radius 1 is 0.538 bits per heavy atom. The minimum Gasteiger partial charge on any atom is -1.00 e. The van der Waals surface area contributed by atoms with Gasteiger partial charge in [-0.25, -0.2) is 0 Å². The van der Waals surface area contributed by atoms with E-state index in [1.807, 2.05) is 0 Å². The van der Waals surface area contributed by atoms with E-state index in [9.17, 15) is 19.8 Å². The summed E-state index contributed by atoms with van der Waals surface area (Å²) in [5.74, 6) is -1.82. The molecule has 0 bridgehead atoms. The molecule has 1 aliphatic carbocycles. The number of rotatable bonds is 20. The van der Waals surface area contributed by atoms with Gasteiger partial charge in [0.1, 0.15) is 0 Å². The first kappa shape index (κ1) is 48.8. The van der Waals surface area contributed by atoms with E-state index in [1.54, 1.807) is 0 Å². The second-order valence-electron chi connectivity index (χ2n) is 10.5. The molecule has 4 N–H and O–H groups in total. The van der Waals surface area contributed by atoms with Gasteiger partial charge in [0, 0.05) is 24.0 Å². The van der Waals surface area contributed by atoms with Gasteiger partial charge in [-0.1, -0.05) is 129 Å². The predicted octanol–water partition coefficient (Wildman–Crippen LogP) is -0.465. The van der Waals surface area contributed by atoms with Crippen molar-refractivity contribution in [3.05, 3.63) is 0 Å². The van der Waals surface area contributed by atoms with Crippen LogP contribution in [-0.4, -0.2) is 24.0 Å². The third kappa shape index (κ3) is 45.3. The van der Waals surface area contributed by atoms with Crippen molar-refractivity contribution in [1.29, 1.82) is 0 Å². The van der Waals surface area contributed by atoms with Gasteiger partial charge in [-0.05, 0) is 38.5 Å². The Bertz CT molecular complexity index is 450. The number of carbonyl (C=O) groups excluding carboxylic acids is 2. The Labute approximate surface area is 268 Å². The number of aliphatic carboxylic acids is 2. The third-order valence-electron chi connectivity index (χ3n) is 6.84. The molecule has 0 aromatic heterocycles. The molecule has 0 aliphatic heterocycles. The van der Waals surface area contributed by atoms with Crippen LogP contribution in [0.5, 0.6) is 0 Å². The number of carbonyl (C=O) groups is 2. The summed E-state index contributed by atoms with van der Waals surface area (Å²) in [6.07, 6.45) is 27.1. The molecule has 0 spiro atoms. The number of carboxylic acids is 2. The first-order valence-corrected chi connectivity index (χ1v) is 15.3. The van der Waals surface area contributed by atoms with Crippen LogP contribution < -0.4 is 46.5 Å². The topological polar surface area (TPSA) is 132 Å². The van der Waals surface area contributed by atoms with Gasteiger partial charge in [-0.3, -0.25) is 0 Å². The van der Waals surface area contributed by atoms with Crippen molar-refractivity contribution in [3.63, 3.8) is 0 Å². The van der Waals surface area contributed by atoms with E-state index in [0.717, 1.165) is 38.5 Å². The third-order valence-corrected chi connectivity index (χ3v) is 6.84. The Morgan fingerprint density at radius 2 is 0.769 bits per heavy atom. The van der Waals surface area contributed by atoms with E-state index in [0.29, 0.717) is 0 Å². The standard InChI is InChI=1S/2C12H24O2.C6H14N2.2ClH.Pt/c2*1-2-3-4-5-6-7-8-9-10-11-12(13)14;7-5-3-1-2-4-6(5)8;;;/h2*2-11H2,1H3,(H,13,14);5-6H,1-4,7-8H2;2*1H;/q;;;;;+4/p-4/t;;5-,6-;;;/m..1.../s1. The molecule has 2 atom stereocenters. The predicted molar refractivity (Wildman–Crippen MR) is 148 cm³/mol. The first-order valence-electron chi connectivity index (χ1n) is 15.3. The molecule has 0 aromatic rings. The van der Waals surface area contributed by atoms with Crippen LogP contribution in [0.15, 0.2) is 0 Å². The van der Waals surface area contributed by atoms with Crippen LogP contribution in [0.1, 0.15) is 168 Å². The minimum atomic E-state index is -0.909. The molecule has 1 aliphatic rings. The summed E-state index contributed by atoms with van der Waals surface area (Å²) in [5.41, 5.74) is 11.3. The summed E-state index contributed by atoms with van der Waals surface area (Å²) in [7, 11) is 0. The molecule has 6 nitrogen and oxygen atoms in total. The van der Waals surface area contributed by atoms with Crippen molar-refractivity contribution in [2.45, 2.75) is 180 Å². The van der Waals surface area contributed by atoms with Crippen molar-refractivity contribution in [2.75, 3.05) is 0 Å². The summed E-state index contributed by atoms with van der Waals surface area (Å²) >= 11 is 0. The van der Waals surface area contributed by atoms with Gasteiger partial charge in [-0.2, -0.15) is 0 Å². The monoisotopic (exact) mass is 777 g/mol. The van der Waals surface area contributed by atoms with Gasteiger partial charge in [-0.15, -0.1) is 0 Å². The Kier molecular flexibility index (Phi) is 50.4. The molecular weight excluding hydrogens is 718 g/mol. The maximum atomic E-state index is 10.1. The average Bonchev–Trinajstić information content (AvgIpc) is 2.84. The molecule has 238 valence electrons. The van der Waals surface area contributed by atoms with E-state index in [4.69, 9.17) is 11.5 Å². The van der Waals surface area contributed by atoms with E-state index in [-0.39, 0.29) is 70.8 Å². The fourth-order valence-corrected chi connectivity index (χ4v) is 4.35. The van der Waals surface area contributed by atoms with Gasteiger partial charge < -0.3 is 56.1 Å². The largest absolute Gasteiger partial charge is 4.00 e. The molecular formula is C30H60Cl2N2O4Pt. The van der Waals surface area contributed by atoms with Crippen LogP contribution in [0, 0.1) is 0 Å². The van der Waals surface area contributed by atoms with Crippen molar-refractivity contribution in [2.24, 2.45) is 11.5 Å². The maximum absolute atomic E-state index is 10.1. The average molecular weight is 779 g/mol.